The first-order valence-electron chi connectivity index (χ1n) is 6.61. The first kappa shape index (κ1) is 15.1. The molecular weight excluding hydrogens is 281 g/mol. The van der Waals surface area contributed by atoms with Crippen LogP contribution in [0.3, 0.4) is 0 Å². The molecule has 2 N–H and O–H groups in total. The highest BCUT2D eigenvalue weighted by molar-refractivity contribution is 6.34. The number of nitrogens with zero attached hydrogens (tertiary/aromatic N) is 2. The predicted molar refractivity (Wildman–Crippen MR) is 81.9 cm³/mol. The zero-order chi connectivity index (χ0) is 14.0. The molecule has 1 aliphatic rings. The molecule has 5 heteroatoms. The summed E-state index contributed by atoms with van der Waals surface area (Å²) in [6.45, 7) is 5.96. The van der Waals surface area contributed by atoms with Gasteiger partial charge in [-0.1, -0.05) is 23.2 Å². The van der Waals surface area contributed by atoms with E-state index in [9.17, 15) is 0 Å². The lowest BCUT2D eigenvalue weighted by Gasteiger charge is -2.42. The summed E-state index contributed by atoms with van der Waals surface area (Å²) in [5.74, 6) is 0. The van der Waals surface area contributed by atoms with Crippen molar-refractivity contribution in [3.05, 3.63) is 33.8 Å². The van der Waals surface area contributed by atoms with E-state index < -0.39 is 0 Å². The molecular formula is C14H21Cl2N3. The lowest BCUT2D eigenvalue weighted by molar-refractivity contribution is 0.0635. The maximum atomic E-state index is 6.10. The molecule has 0 aliphatic carbocycles. The van der Waals surface area contributed by atoms with Crippen molar-refractivity contribution < 1.29 is 0 Å². The topological polar surface area (TPSA) is 32.5 Å². The zero-order valence-corrected chi connectivity index (χ0v) is 13.0. The Morgan fingerprint density at radius 1 is 1.26 bits per heavy atom. The predicted octanol–water partition coefficient (Wildman–Crippen LogP) is 2.63. The first-order chi connectivity index (χ1) is 9.01. The van der Waals surface area contributed by atoms with Gasteiger partial charge >= 0.3 is 0 Å². The number of hydrogen-bond acceptors (Lipinski definition) is 3. The number of piperazine rings is 1. The van der Waals surface area contributed by atoms with E-state index in [-0.39, 0.29) is 6.04 Å². The summed E-state index contributed by atoms with van der Waals surface area (Å²) in [6.07, 6.45) is 0. The number of likely N-dealkylation sites (N-methyl/N-ethyl adjacent to an activating group) is 1. The Morgan fingerprint density at radius 2 is 1.89 bits per heavy atom. The number of hydrogen-bond donors (Lipinski definition) is 1. The van der Waals surface area contributed by atoms with Gasteiger partial charge in [0, 0.05) is 48.3 Å². The molecule has 0 radical (unpaired) electrons. The molecule has 0 amide bonds. The summed E-state index contributed by atoms with van der Waals surface area (Å²) in [4.78, 5) is 4.79. The maximum Gasteiger partial charge on any atom is 0.0475 e. The normalized spacial score (nSPS) is 23.5. The summed E-state index contributed by atoms with van der Waals surface area (Å²) in [7, 11) is 2.15. The largest absolute Gasteiger partial charge is 0.329 e. The molecule has 2 unspecified atom stereocenters. The van der Waals surface area contributed by atoms with Gasteiger partial charge in [0.05, 0.1) is 0 Å². The minimum absolute atomic E-state index is 0.180. The van der Waals surface area contributed by atoms with Crippen molar-refractivity contribution in [1.82, 2.24) is 9.80 Å². The Kier molecular flexibility index (Phi) is 5.09. The molecule has 1 aliphatic heterocycles. The van der Waals surface area contributed by atoms with Crippen LogP contribution in [0.15, 0.2) is 18.2 Å². The van der Waals surface area contributed by atoms with Gasteiger partial charge in [-0.05, 0) is 37.7 Å². The van der Waals surface area contributed by atoms with Crippen LogP contribution in [0.4, 0.5) is 0 Å². The standard InChI is InChI=1S/C14H21Cl2N3/c1-10-9-18(2)3-4-19(10)14(8-17)11-5-12(15)7-13(16)6-11/h5-7,10,14H,3-4,8-9,17H2,1-2H3. The van der Waals surface area contributed by atoms with Crippen molar-refractivity contribution in [3.8, 4) is 0 Å². The Labute approximate surface area is 125 Å². The Balaban J connectivity index is 2.23. The van der Waals surface area contributed by atoms with Crippen molar-refractivity contribution in [2.45, 2.75) is 19.0 Å². The third-order valence-electron chi connectivity index (χ3n) is 3.78. The van der Waals surface area contributed by atoms with Crippen molar-refractivity contribution in [3.63, 3.8) is 0 Å². The molecule has 2 atom stereocenters. The number of halogens is 2. The Hall–Kier alpha value is -0.320. The van der Waals surface area contributed by atoms with Crippen molar-refractivity contribution in [1.29, 1.82) is 0 Å². The highest BCUT2D eigenvalue weighted by Crippen LogP contribution is 2.29. The molecule has 1 aromatic carbocycles. The minimum atomic E-state index is 0.180. The summed E-state index contributed by atoms with van der Waals surface area (Å²) in [5, 5.41) is 1.34. The number of rotatable bonds is 3. The van der Waals surface area contributed by atoms with Gasteiger partial charge in [-0.15, -0.1) is 0 Å². The molecule has 1 heterocycles. The van der Waals surface area contributed by atoms with E-state index in [0.29, 0.717) is 22.6 Å². The van der Waals surface area contributed by atoms with Crippen LogP contribution in [0.25, 0.3) is 0 Å². The van der Waals surface area contributed by atoms with Gasteiger partial charge in [-0.2, -0.15) is 0 Å². The van der Waals surface area contributed by atoms with E-state index in [4.69, 9.17) is 28.9 Å². The van der Waals surface area contributed by atoms with Crippen LogP contribution in [0.5, 0.6) is 0 Å². The third kappa shape index (κ3) is 3.61. The monoisotopic (exact) mass is 301 g/mol. The molecule has 2 rings (SSSR count). The quantitative estimate of drug-likeness (QED) is 0.931. The van der Waals surface area contributed by atoms with E-state index in [1.165, 1.54) is 0 Å². The van der Waals surface area contributed by atoms with E-state index in [1.54, 1.807) is 6.07 Å². The summed E-state index contributed by atoms with van der Waals surface area (Å²) in [6, 6.07) is 6.35. The van der Waals surface area contributed by atoms with E-state index in [2.05, 4.69) is 23.8 Å². The molecule has 1 saturated heterocycles. The van der Waals surface area contributed by atoms with E-state index in [1.807, 2.05) is 12.1 Å². The van der Waals surface area contributed by atoms with Crippen molar-refractivity contribution in [2.75, 3.05) is 33.2 Å². The average molecular weight is 302 g/mol. The second-order valence-corrected chi connectivity index (χ2v) is 6.18. The third-order valence-corrected chi connectivity index (χ3v) is 4.21. The fourth-order valence-electron chi connectivity index (χ4n) is 2.85. The van der Waals surface area contributed by atoms with E-state index >= 15 is 0 Å². The zero-order valence-electron chi connectivity index (χ0n) is 11.4. The summed E-state index contributed by atoms with van der Waals surface area (Å²) < 4.78 is 0. The SMILES string of the molecule is CC1CN(C)CCN1C(CN)c1cc(Cl)cc(Cl)c1. The van der Waals surface area contributed by atoms with Gasteiger partial charge in [-0.3, -0.25) is 4.90 Å². The van der Waals surface area contributed by atoms with Gasteiger partial charge < -0.3 is 10.6 Å². The van der Waals surface area contributed by atoms with Gasteiger partial charge in [0.25, 0.3) is 0 Å². The fraction of sp³-hybridized carbons (Fsp3) is 0.571. The molecule has 3 nitrogen and oxygen atoms in total. The summed E-state index contributed by atoms with van der Waals surface area (Å²) >= 11 is 12.2. The van der Waals surface area contributed by atoms with Gasteiger partial charge in [0.15, 0.2) is 0 Å². The second-order valence-electron chi connectivity index (χ2n) is 5.30. The molecule has 19 heavy (non-hydrogen) atoms. The lowest BCUT2D eigenvalue weighted by atomic mass is 10.0. The van der Waals surface area contributed by atoms with Crippen LogP contribution in [0.2, 0.25) is 10.0 Å². The smallest absolute Gasteiger partial charge is 0.0475 e. The molecule has 1 aromatic rings. The Morgan fingerprint density at radius 3 is 2.42 bits per heavy atom. The molecule has 1 fully saturated rings. The average Bonchev–Trinajstić information content (AvgIpc) is 2.31. The van der Waals surface area contributed by atoms with Crippen LogP contribution in [-0.4, -0.2) is 49.1 Å². The highest BCUT2D eigenvalue weighted by Gasteiger charge is 2.28. The highest BCUT2D eigenvalue weighted by atomic mass is 35.5. The molecule has 0 bridgehead atoms. The van der Waals surface area contributed by atoms with Crippen LogP contribution in [-0.2, 0) is 0 Å². The van der Waals surface area contributed by atoms with Gasteiger partial charge in [0.1, 0.15) is 0 Å². The molecule has 106 valence electrons. The molecule has 0 saturated carbocycles. The summed E-state index contributed by atoms with van der Waals surface area (Å²) in [5.41, 5.74) is 7.10. The first-order valence-corrected chi connectivity index (χ1v) is 7.37. The molecule has 0 spiro atoms. The van der Waals surface area contributed by atoms with Crippen molar-refractivity contribution >= 4 is 23.2 Å². The van der Waals surface area contributed by atoms with Crippen LogP contribution in [0, 0.1) is 0 Å². The number of nitrogens with two attached hydrogens (primary N) is 1. The number of benzene rings is 1. The van der Waals surface area contributed by atoms with E-state index in [0.717, 1.165) is 25.2 Å². The maximum absolute atomic E-state index is 6.10. The second kappa shape index (κ2) is 6.42. The van der Waals surface area contributed by atoms with Gasteiger partial charge in [-0.25, -0.2) is 0 Å². The van der Waals surface area contributed by atoms with Crippen LogP contribution >= 0.6 is 23.2 Å². The minimum Gasteiger partial charge on any atom is -0.329 e. The molecule has 0 aromatic heterocycles. The van der Waals surface area contributed by atoms with Gasteiger partial charge in [0.2, 0.25) is 0 Å². The lowest BCUT2D eigenvalue weighted by Crippen LogP contribution is -2.52. The fourth-order valence-corrected chi connectivity index (χ4v) is 3.39. The Bertz CT molecular complexity index is 418. The van der Waals surface area contributed by atoms with Crippen LogP contribution in [0.1, 0.15) is 18.5 Å². The van der Waals surface area contributed by atoms with Crippen LogP contribution < -0.4 is 5.73 Å². The van der Waals surface area contributed by atoms with Crippen molar-refractivity contribution in [2.24, 2.45) is 5.73 Å².